The number of carbonyl (C=O) groups is 1. The quantitative estimate of drug-likeness (QED) is 0.802. The van der Waals surface area contributed by atoms with Gasteiger partial charge in [-0.1, -0.05) is 6.92 Å². The minimum atomic E-state index is -0.721. The van der Waals surface area contributed by atoms with Gasteiger partial charge in [-0.3, -0.25) is 9.48 Å². The van der Waals surface area contributed by atoms with Crippen LogP contribution in [0.4, 0.5) is 0 Å². The molecule has 2 rings (SSSR count). The maximum Gasteiger partial charge on any atom is 0.304 e. The van der Waals surface area contributed by atoms with Crippen molar-refractivity contribution < 1.29 is 9.90 Å². The molecule has 0 saturated heterocycles. The highest BCUT2D eigenvalue weighted by molar-refractivity contribution is 5.68. The Balaban J connectivity index is 2.35. The molecule has 0 fully saturated rings. The number of rotatable bonds is 2. The Morgan fingerprint density at radius 3 is 3.13 bits per heavy atom. The molecule has 0 aromatic carbocycles. The summed E-state index contributed by atoms with van der Waals surface area (Å²) in [5.74, 6) is -0.163. The maximum absolute atomic E-state index is 10.8. The third kappa shape index (κ3) is 1.76. The summed E-state index contributed by atoms with van der Waals surface area (Å²) >= 11 is 0. The largest absolute Gasteiger partial charge is 0.481 e. The third-order valence-electron chi connectivity index (χ3n) is 3.37. The molecule has 1 aliphatic rings. The number of fused-ring (bicyclic) bond motifs is 1. The first-order valence-electron chi connectivity index (χ1n) is 5.32. The molecule has 2 atom stereocenters. The van der Waals surface area contributed by atoms with Crippen LogP contribution in [0.5, 0.6) is 0 Å². The summed E-state index contributed by atoms with van der Waals surface area (Å²) in [5.41, 5.74) is 2.35. The van der Waals surface area contributed by atoms with Gasteiger partial charge in [0.15, 0.2) is 0 Å². The highest BCUT2D eigenvalue weighted by Gasteiger charge is 2.31. The van der Waals surface area contributed by atoms with E-state index in [2.05, 4.69) is 12.0 Å². The molecule has 82 valence electrons. The molecule has 4 heteroatoms. The molecular weight excluding hydrogens is 192 g/mol. The van der Waals surface area contributed by atoms with E-state index < -0.39 is 5.97 Å². The lowest BCUT2D eigenvalue weighted by Crippen LogP contribution is -2.23. The van der Waals surface area contributed by atoms with Crippen molar-refractivity contribution in [3.05, 3.63) is 17.5 Å². The zero-order valence-electron chi connectivity index (χ0n) is 9.10. The molecule has 15 heavy (non-hydrogen) atoms. The topological polar surface area (TPSA) is 55.1 Å². The minimum absolute atomic E-state index is 0.124. The van der Waals surface area contributed by atoms with Crippen molar-refractivity contribution in [3.63, 3.8) is 0 Å². The molecule has 0 amide bonds. The Kier molecular flexibility index (Phi) is 2.50. The number of hydrogen-bond acceptors (Lipinski definition) is 2. The van der Waals surface area contributed by atoms with E-state index >= 15 is 0 Å². The highest BCUT2D eigenvalue weighted by atomic mass is 16.4. The van der Waals surface area contributed by atoms with Crippen LogP contribution < -0.4 is 0 Å². The van der Waals surface area contributed by atoms with Crippen LogP contribution in [0.1, 0.15) is 36.9 Å². The van der Waals surface area contributed by atoms with Crippen molar-refractivity contribution >= 4 is 5.97 Å². The normalized spacial score (nSPS) is 24.9. The van der Waals surface area contributed by atoms with Gasteiger partial charge in [0.25, 0.3) is 0 Å². The van der Waals surface area contributed by atoms with Crippen molar-refractivity contribution in [3.8, 4) is 0 Å². The van der Waals surface area contributed by atoms with Gasteiger partial charge >= 0.3 is 5.97 Å². The number of aliphatic carboxylic acids is 1. The molecule has 0 bridgehead atoms. The molecule has 0 radical (unpaired) electrons. The predicted octanol–water partition coefficient (Wildman–Crippen LogP) is 1.56. The van der Waals surface area contributed by atoms with Crippen molar-refractivity contribution in [2.24, 2.45) is 13.0 Å². The van der Waals surface area contributed by atoms with Crippen LogP contribution in [0, 0.1) is 5.92 Å². The van der Waals surface area contributed by atoms with Gasteiger partial charge in [0.2, 0.25) is 0 Å². The molecule has 1 N–H and O–H groups in total. The Labute approximate surface area is 88.9 Å². The lowest BCUT2D eigenvalue weighted by molar-refractivity contribution is -0.137. The molecule has 2 unspecified atom stereocenters. The Morgan fingerprint density at radius 2 is 2.47 bits per heavy atom. The van der Waals surface area contributed by atoms with Crippen LogP contribution in [-0.4, -0.2) is 20.9 Å². The average Bonchev–Trinajstić information content (AvgIpc) is 2.52. The Bertz CT molecular complexity index is 384. The van der Waals surface area contributed by atoms with E-state index in [-0.39, 0.29) is 12.3 Å². The van der Waals surface area contributed by atoms with Crippen molar-refractivity contribution in [2.45, 2.75) is 32.1 Å². The summed E-state index contributed by atoms with van der Waals surface area (Å²) in [6, 6.07) is 0. The van der Waals surface area contributed by atoms with E-state index in [1.165, 1.54) is 5.56 Å². The summed E-state index contributed by atoms with van der Waals surface area (Å²) in [6.45, 7) is 2.13. The fraction of sp³-hybridized carbons (Fsp3) is 0.636. The monoisotopic (exact) mass is 208 g/mol. The van der Waals surface area contributed by atoms with Gasteiger partial charge in [0.1, 0.15) is 0 Å². The van der Waals surface area contributed by atoms with Crippen molar-refractivity contribution in [2.75, 3.05) is 0 Å². The molecule has 4 nitrogen and oxygen atoms in total. The molecule has 0 spiro atoms. The second-order valence-electron chi connectivity index (χ2n) is 4.40. The molecule has 1 aromatic heterocycles. The molecule has 0 aliphatic heterocycles. The van der Waals surface area contributed by atoms with Gasteiger partial charge in [0.05, 0.1) is 12.6 Å². The SMILES string of the molecule is CC1CCc2cnn(C)c2C1CC(=O)O. The van der Waals surface area contributed by atoms with Crippen LogP contribution in [0.15, 0.2) is 6.20 Å². The molecule has 1 aromatic rings. The first-order chi connectivity index (χ1) is 7.09. The lowest BCUT2D eigenvalue weighted by atomic mass is 9.78. The van der Waals surface area contributed by atoms with Gasteiger partial charge in [-0.05, 0) is 24.3 Å². The average molecular weight is 208 g/mol. The maximum atomic E-state index is 10.8. The summed E-state index contributed by atoms with van der Waals surface area (Å²) in [5, 5.41) is 13.1. The second kappa shape index (κ2) is 3.68. The van der Waals surface area contributed by atoms with Crippen LogP contribution in [0.25, 0.3) is 0 Å². The first-order valence-corrected chi connectivity index (χ1v) is 5.32. The van der Waals surface area contributed by atoms with E-state index in [0.717, 1.165) is 18.5 Å². The highest BCUT2D eigenvalue weighted by Crippen LogP contribution is 2.37. The van der Waals surface area contributed by atoms with Gasteiger partial charge in [-0.15, -0.1) is 0 Å². The number of nitrogens with zero attached hydrogens (tertiary/aromatic N) is 2. The lowest BCUT2D eigenvalue weighted by Gasteiger charge is -2.28. The van der Waals surface area contributed by atoms with Crippen molar-refractivity contribution in [1.82, 2.24) is 9.78 Å². The first kappa shape index (κ1) is 10.2. The molecule has 1 aliphatic carbocycles. The smallest absolute Gasteiger partial charge is 0.304 e. The zero-order chi connectivity index (χ0) is 11.0. The van der Waals surface area contributed by atoms with Crippen LogP contribution in [0.2, 0.25) is 0 Å². The Morgan fingerprint density at radius 1 is 1.73 bits per heavy atom. The zero-order valence-corrected chi connectivity index (χ0v) is 9.10. The molecular formula is C11H16N2O2. The fourth-order valence-corrected chi connectivity index (χ4v) is 2.50. The number of carboxylic acids is 1. The van der Waals surface area contributed by atoms with Crippen molar-refractivity contribution in [1.29, 1.82) is 0 Å². The predicted molar refractivity (Wildman–Crippen MR) is 55.7 cm³/mol. The second-order valence-corrected chi connectivity index (χ2v) is 4.40. The van der Waals surface area contributed by atoms with Gasteiger partial charge < -0.3 is 5.11 Å². The van der Waals surface area contributed by atoms with E-state index in [0.29, 0.717) is 5.92 Å². The van der Waals surface area contributed by atoms with E-state index in [9.17, 15) is 4.79 Å². The van der Waals surface area contributed by atoms with Gasteiger partial charge in [0, 0.05) is 18.7 Å². The number of aromatic nitrogens is 2. The fourth-order valence-electron chi connectivity index (χ4n) is 2.50. The summed E-state index contributed by atoms with van der Waals surface area (Å²) in [4.78, 5) is 10.8. The van der Waals surface area contributed by atoms with Gasteiger partial charge in [-0.2, -0.15) is 5.10 Å². The van der Waals surface area contributed by atoms with Crippen LogP contribution in [0.3, 0.4) is 0 Å². The van der Waals surface area contributed by atoms with Crippen LogP contribution in [-0.2, 0) is 18.3 Å². The Hall–Kier alpha value is -1.32. The number of aryl methyl sites for hydroxylation is 2. The molecule has 0 saturated carbocycles. The van der Waals surface area contributed by atoms with E-state index in [1.807, 2.05) is 17.9 Å². The minimum Gasteiger partial charge on any atom is -0.481 e. The van der Waals surface area contributed by atoms with Gasteiger partial charge in [-0.25, -0.2) is 0 Å². The van der Waals surface area contributed by atoms with E-state index in [4.69, 9.17) is 5.11 Å². The third-order valence-corrected chi connectivity index (χ3v) is 3.37. The summed E-state index contributed by atoms with van der Waals surface area (Å²) in [6.07, 6.45) is 4.18. The summed E-state index contributed by atoms with van der Waals surface area (Å²) in [7, 11) is 1.89. The summed E-state index contributed by atoms with van der Waals surface area (Å²) < 4.78 is 1.83. The standard InChI is InChI=1S/C11H16N2O2/c1-7-3-4-8-6-12-13(2)11(8)9(7)5-10(14)15/h6-7,9H,3-5H2,1-2H3,(H,14,15). The van der Waals surface area contributed by atoms with Crippen LogP contribution >= 0.6 is 0 Å². The molecule has 1 heterocycles. The number of hydrogen-bond donors (Lipinski definition) is 1. The number of carboxylic acid groups (broad SMARTS) is 1. The van der Waals surface area contributed by atoms with E-state index in [1.54, 1.807) is 0 Å².